The first-order valence-corrected chi connectivity index (χ1v) is 11.4. The molecular formula is C20H32N4OS. The molecule has 0 aliphatic carbocycles. The number of nitrogens with zero attached hydrogens (tertiary/aromatic N) is 4. The highest BCUT2D eigenvalue weighted by Gasteiger charge is 2.28. The van der Waals surface area contributed by atoms with Gasteiger partial charge in [0.1, 0.15) is 0 Å². The molecule has 1 aromatic heterocycles. The van der Waals surface area contributed by atoms with E-state index in [0.29, 0.717) is 12.0 Å². The molecule has 0 radical (unpaired) electrons. The number of piperidine rings is 1. The van der Waals surface area contributed by atoms with Gasteiger partial charge in [0.25, 0.3) is 0 Å². The van der Waals surface area contributed by atoms with Crippen LogP contribution in [0.15, 0.2) is 17.4 Å². The van der Waals surface area contributed by atoms with E-state index in [-0.39, 0.29) is 0 Å². The second-order valence-electron chi connectivity index (χ2n) is 7.84. The maximum absolute atomic E-state index is 5.54. The van der Waals surface area contributed by atoms with E-state index in [1.54, 1.807) is 0 Å². The van der Waals surface area contributed by atoms with Crippen molar-refractivity contribution >= 4 is 11.8 Å². The largest absolute Gasteiger partial charge is 0.381 e. The Morgan fingerprint density at radius 1 is 1.08 bits per heavy atom. The van der Waals surface area contributed by atoms with Gasteiger partial charge in [-0.25, -0.2) is 9.97 Å². The molecule has 144 valence electrons. The number of hydrogen-bond acceptors (Lipinski definition) is 6. The Bertz CT molecular complexity index is 560. The van der Waals surface area contributed by atoms with Gasteiger partial charge in [-0.2, -0.15) is 0 Å². The van der Waals surface area contributed by atoms with Gasteiger partial charge in [0.2, 0.25) is 0 Å². The van der Waals surface area contributed by atoms with Gasteiger partial charge in [0.05, 0.1) is 0 Å². The average molecular weight is 377 g/mol. The molecule has 6 heteroatoms. The summed E-state index contributed by atoms with van der Waals surface area (Å²) < 4.78 is 5.54. The van der Waals surface area contributed by atoms with Crippen LogP contribution >= 0.6 is 11.8 Å². The third-order valence-corrected chi connectivity index (χ3v) is 6.91. The van der Waals surface area contributed by atoms with Crippen LogP contribution in [0.5, 0.6) is 0 Å². The lowest BCUT2D eigenvalue weighted by Crippen LogP contribution is -2.44. The van der Waals surface area contributed by atoms with E-state index in [4.69, 9.17) is 9.72 Å². The standard InChI is InChI=1S/C20H32N4OS/c1-2-10-23(9-1)12-15-26-20-21-8-5-19(22-20)17-4-3-11-24(16-17)18-6-13-25-14-7-18/h5,8,17-18H,1-4,6-7,9-16H2/t17-/m0/s1. The lowest BCUT2D eigenvalue weighted by atomic mass is 9.92. The Morgan fingerprint density at radius 2 is 1.92 bits per heavy atom. The van der Waals surface area contributed by atoms with E-state index < -0.39 is 0 Å². The molecule has 3 aliphatic rings. The van der Waals surface area contributed by atoms with Crippen molar-refractivity contribution in [3.05, 3.63) is 18.0 Å². The van der Waals surface area contributed by atoms with Crippen LogP contribution in [0.4, 0.5) is 0 Å². The fourth-order valence-corrected chi connectivity index (χ4v) is 5.39. The molecule has 4 heterocycles. The molecule has 5 nitrogen and oxygen atoms in total. The Morgan fingerprint density at radius 3 is 2.77 bits per heavy atom. The fraction of sp³-hybridized carbons (Fsp3) is 0.800. The van der Waals surface area contributed by atoms with Gasteiger partial charge in [0, 0.05) is 55.9 Å². The van der Waals surface area contributed by atoms with Gasteiger partial charge < -0.3 is 9.64 Å². The van der Waals surface area contributed by atoms with E-state index in [1.165, 1.54) is 70.4 Å². The molecule has 0 N–H and O–H groups in total. The number of aromatic nitrogens is 2. The van der Waals surface area contributed by atoms with Gasteiger partial charge in [-0.05, 0) is 64.2 Å². The third kappa shape index (κ3) is 4.97. The Balaban J connectivity index is 1.31. The zero-order valence-corrected chi connectivity index (χ0v) is 16.6. The SMILES string of the molecule is c1cc([C@H]2CCCN(C3CCOCC3)C2)nc(SCCN2CCCC2)n1. The maximum atomic E-state index is 5.54. The number of thioether (sulfide) groups is 1. The molecule has 4 rings (SSSR count). The summed E-state index contributed by atoms with van der Waals surface area (Å²) in [5, 5.41) is 0.963. The van der Waals surface area contributed by atoms with Crippen LogP contribution in [0.25, 0.3) is 0 Å². The van der Waals surface area contributed by atoms with Gasteiger partial charge in [0.15, 0.2) is 5.16 Å². The molecule has 1 aromatic rings. The zero-order valence-electron chi connectivity index (χ0n) is 15.8. The highest BCUT2D eigenvalue weighted by molar-refractivity contribution is 7.99. The van der Waals surface area contributed by atoms with Crippen molar-refractivity contribution in [1.82, 2.24) is 19.8 Å². The van der Waals surface area contributed by atoms with Crippen LogP contribution in [0.3, 0.4) is 0 Å². The molecule has 0 aromatic carbocycles. The topological polar surface area (TPSA) is 41.5 Å². The lowest BCUT2D eigenvalue weighted by Gasteiger charge is -2.39. The summed E-state index contributed by atoms with van der Waals surface area (Å²) in [6.45, 7) is 7.95. The Labute approximate surface area is 161 Å². The molecule has 26 heavy (non-hydrogen) atoms. The summed E-state index contributed by atoms with van der Waals surface area (Å²) in [6, 6.07) is 2.85. The molecule has 0 saturated carbocycles. The minimum atomic E-state index is 0.563. The van der Waals surface area contributed by atoms with Gasteiger partial charge >= 0.3 is 0 Å². The van der Waals surface area contributed by atoms with Gasteiger partial charge in [-0.15, -0.1) is 0 Å². The van der Waals surface area contributed by atoms with Crippen molar-refractivity contribution in [2.24, 2.45) is 0 Å². The quantitative estimate of drug-likeness (QED) is 0.562. The summed E-state index contributed by atoms with van der Waals surface area (Å²) in [6.07, 6.45) is 9.61. The molecule has 0 bridgehead atoms. The second kappa shape index (κ2) is 9.49. The molecule has 0 unspecified atom stereocenters. The smallest absolute Gasteiger partial charge is 0.187 e. The first-order valence-electron chi connectivity index (χ1n) is 10.4. The monoisotopic (exact) mass is 376 g/mol. The first-order chi connectivity index (χ1) is 12.9. The fourth-order valence-electron chi connectivity index (χ4n) is 4.55. The second-order valence-corrected chi connectivity index (χ2v) is 8.90. The van der Waals surface area contributed by atoms with Crippen molar-refractivity contribution in [3.8, 4) is 0 Å². The summed E-state index contributed by atoms with van der Waals surface area (Å²) in [7, 11) is 0. The van der Waals surface area contributed by atoms with E-state index in [9.17, 15) is 0 Å². The molecule has 1 atom stereocenters. The number of ether oxygens (including phenoxy) is 1. The summed E-state index contributed by atoms with van der Waals surface area (Å²) in [5.74, 6) is 1.66. The van der Waals surface area contributed by atoms with Crippen molar-refractivity contribution in [1.29, 1.82) is 0 Å². The van der Waals surface area contributed by atoms with E-state index >= 15 is 0 Å². The number of rotatable bonds is 6. The number of hydrogen-bond donors (Lipinski definition) is 0. The molecule has 0 spiro atoms. The van der Waals surface area contributed by atoms with Gasteiger partial charge in [-0.3, -0.25) is 4.90 Å². The predicted octanol–water partition coefficient (Wildman–Crippen LogP) is 3.02. The minimum absolute atomic E-state index is 0.563. The van der Waals surface area contributed by atoms with Crippen molar-refractivity contribution in [2.45, 2.75) is 55.6 Å². The lowest BCUT2D eigenvalue weighted by molar-refractivity contribution is 0.0237. The van der Waals surface area contributed by atoms with Crippen LogP contribution < -0.4 is 0 Å². The normalized spacial score (nSPS) is 26.4. The van der Waals surface area contributed by atoms with Crippen LogP contribution in [0.1, 0.15) is 50.1 Å². The molecule has 0 amide bonds. The molecule has 3 saturated heterocycles. The average Bonchev–Trinajstić information content (AvgIpc) is 3.23. The zero-order chi connectivity index (χ0) is 17.6. The van der Waals surface area contributed by atoms with E-state index in [1.807, 2.05) is 18.0 Å². The summed E-state index contributed by atoms with van der Waals surface area (Å²) in [5.41, 5.74) is 1.25. The third-order valence-electron chi connectivity index (χ3n) is 6.07. The Kier molecular flexibility index (Phi) is 6.81. The van der Waals surface area contributed by atoms with Crippen LogP contribution in [0, 0.1) is 0 Å². The Hall–Kier alpha value is -0.690. The first kappa shape index (κ1) is 18.7. The van der Waals surface area contributed by atoms with E-state index in [0.717, 1.165) is 30.7 Å². The van der Waals surface area contributed by atoms with Crippen LogP contribution in [0.2, 0.25) is 0 Å². The summed E-state index contributed by atoms with van der Waals surface area (Å²) in [4.78, 5) is 14.7. The highest BCUT2D eigenvalue weighted by atomic mass is 32.2. The number of likely N-dealkylation sites (tertiary alicyclic amines) is 2. The maximum Gasteiger partial charge on any atom is 0.187 e. The predicted molar refractivity (Wildman–Crippen MR) is 106 cm³/mol. The van der Waals surface area contributed by atoms with Gasteiger partial charge in [-0.1, -0.05) is 11.8 Å². The van der Waals surface area contributed by atoms with Crippen molar-refractivity contribution < 1.29 is 4.74 Å². The highest BCUT2D eigenvalue weighted by Crippen LogP contribution is 2.29. The molecule has 3 fully saturated rings. The summed E-state index contributed by atoms with van der Waals surface area (Å²) >= 11 is 1.82. The van der Waals surface area contributed by atoms with Crippen molar-refractivity contribution in [3.63, 3.8) is 0 Å². The van der Waals surface area contributed by atoms with Crippen molar-refractivity contribution in [2.75, 3.05) is 51.7 Å². The van der Waals surface area contributed by atoms with Crippen LogP contribution in [-0.4, -0.2) is 77.5 Å². The minimum Gasteiger partial charge on any atom is -0.381 e. The molecular weight excluding hydrogens is 344 g/mol. The molecule has 3 aliphatic heterocycles. The van der Waals surface area contributed by atoms with Crippen LogP contribution in [-0.2, 0) is 4.74 Å². The van der Waals surface area contributed by atoms with E-state index in [2.05, 4.69) is 20.9 Å².